The van der Waals surface area contributed by atoms with E-state index in [-0.39, 0.29) is 11.3 Å². The van der Waals surface area contributed by atoms with E-state index in [1.807, 2.05) is 6.92 Å². The predicted octanol–water partition coefficient (Wildman–Crippen LogP) is -0.0372. The molecule has 8 nitrogen and oxygen atoms in total. The lowest BCUT2D eigenvalue weighted by Crippen LogP contribution is -2.32. The minimum absolute atomic E-state index is 0.000365. The molecule has 1 amide bonds. The van der Waals surface area contributed by atoms with Crippen molar-refractivity contribution in [1.82, 2.24) is 15.1 Å². The van der Waals surface area contributed by atoms with Crippen molar-refractivity contribution in [2.45, 2.75) is 26.3 Å². The molecule has 0 spiro atoms. The molecule has 0 unspecified atom stereocenters. The summed E-state index contributed by atoms with van der Waals surface area (Å²) in [5.74, 6) is -1.17. The maximum Gasteiger partial charge on any atom is 0.359 e. The molecule has 0 fully saturated rings. The number of ether oxygens (including phenoxy) is 2. The van der Waals surface area contributed by atoms with Crippen LogP contribution < -0.4 is 10.9 Å². The summed E-state index contributed by atoms with van der Waals surface area (Å²) >= 11 is 0. The molecule has 0 aliphatic carbocycles. The standard InChI is InChI=1S/C14H21N3O5/c1-3-4-8-17-13(19)6-5-11(16-17)14(20)22-10-12(18)15-7-9-21-2/h5-6H,3-4,7-10H2,1-2H3,(H,15,18). The van der Waals surface area contributed by atoms with E-state index in [1.54, 1.807) is 0 Å². The van der Waals surface area contributed by atoms with Gasteiger partial charge in [0.05, 0.1) is 6.61 Å². The molecule has 0 radical (unpaired) electrons. The van der Waals surface area contributed by atoms with Gasteiger partial charge < -0.3 is 14.8 Å². The number of hydrogen-bond acceptors (Lipinski definition) is 6. The highest BCUT2D eigenvalue weighted by Gasteiger charge is 2.13. The fourth-order valence-corrected chi connectivity index (χ4v) is 1.57. The normalized spacial score (nSPS) is 10.3. The summed E-state index contributed by atoms with van der Waals surface area (Å²) in [7, 11) is 1.52. The number of nitrogens with zero attached hydrogens (tertiary/aromatic N) is 2. The lowest BCUT2D eigenvalue weighted by Gasteiger charge is -2.07. The molecule has 1 aromatic heterocycles. The van der Waals surface area contributed by atoms with Crippen LogP contribution in [-0.2, 0) is 20.8 Å². The van der Waals surface area contributed by atoms with E-state index in [2.05, 4.69) is 10.4 Å². The zero-order valence-corrected chi connectivity index (χ0v) is 12.8. The molecule has 1 rings (SSSR count). The molecule has 0 aliphatic rings. The largest absolute Gasteiger partial charge is 0.451 e. The van der Waals surface area contributed by atoms with Crippen LogP contribution in [0.25, 0.3) is 0 Å². The first-order valence-electron chi connectivity index (χ1n) is 7.09. The summed E-state index contributed by atoms with van der Waals surface area (Å²) in [5.41, 5.74) is -0.275. The van der Waals surface area contributed by atoms with Gasteiger partial charge in [0, 0.05) is 26.3 Å². The predicted molar refractivity (Wildman–Crippen MR) is 78.6 cm³/mol. The fourth-order valence-electron chi connectivity index (χ4n) is 1.57. The van der Waals surface area contributed by atoms with E-state index in [1.165, 1.54) is 23.9 Å². The maximum atomic E-state index is 11.8. The van der Waals surface area contributed by atoms with Gasteiger partial charge in [-0.15, -0.1) is 0 Å². The quantitative estimate of drug-likeness (QED) is 0.507. The van der Waals surface area contributed by atoms with Gasteiger partial charge in [-0.05, 0) is 12.5 Å². The Bertz CT molecular complexity index is 556. The van der Waals surface area contributed by atoms with Crippen LogP contribution in [0.2, 0.25) is 0 Å². The third-order valence-corrected chi connectivity index (χ3v) is 2.76. The molecule has 0 aliphatic heterocycles. The van der Waals surface area contributed by atoms with Crippen molar-refractivity contribution >= 4 is 11.9 Å². The number of hydrogen-bond donors (Lipinski definition) is 1. The Morgan fingerprint density at radius 2 is 2.14 bits per heavy atom. The number of carbonyl (C=O) groups excluding carboxylic acids is 2. The first-order valence-corrected chi connectivity index (χ1v) is 7.09. The Balaban J connectivity index is 2.54. The average molecular weight is 311 g/mol. The van der Waals surface area contributed by atoms with Gasteiger partial charge in [-0.25, -0.2) is 9.48 Å². The molecule has 0 atom stereocenters. The van der Waals surface area contributed by atoms with E-state index < -0.39 is 18.5 Å². The molecule has 122 valence electrons. The second-order valence-corrected chi connectivity index (χ2v) is 4.55. The van der Waals surface area contributed by atoms with Crippen LogP contribution in [0.3, 0.4) is 0 Å². The van der Waals surface area contributed by atoms with E-state index in [0.29, 0.717) is 19.7 Å². The molecule has 8 heteroatoms. The summed E-state index contributed by atoms with van der Waals surface area (Å²) < 4.78 is 10.9. The van der Waals surface area contributed by atoms with Gasteiger partial charge in [-0.2, -0.15) is 5.10 Å². The van der Waals surface area contributed by atoms with E-state index >= 15 is 0 Å². The van der Waals surface area contributed by atoms with Crippen LogP contribution in [-0.4, -0.2) is 48.5 Å². The van der Waals surface area contributed by atoms with Gasteiger partial charge in [0.25, 0.3) is 11.5 Å². The number of rotatable bonds is 9. The number of unbranched alkanes of at least 4 members (excludes halogenated alkanes) is 1. The Morgan fingerprint density at radius 1 is 1.36 bits per heavy atom. The van der Waals surface area contributed by atoms with Gasteiger partial charge in [0.1, 0.15) is 0 Å². The van der Waals surface area contributed by atoms with Gasteiger partial charge in [-0.3, -0.25) is 9.59 Å². The van der Waals surface area contributed by atoms with Crippen LogP contribution in [0, 0.1) is 0 Å². The fraction of sp³-hybridized carbons (Fsp3) is 0.571. The van der Waals surface area contributed by atoms with Crippen molar-refractivity contribution in [2.24, 2.45) is 0 Å². The average Bonchev–Trinajstić information content (AvgIpc) is 2.52. The number of aryl methyl sites for hydroxylation is 1. The van der Waals surface area contributed by atoms with Crippen LogP contribution >= 0.6 is 0 Å². The third kappa shape index (κ3) is 6.04. The maximum absolute atomic E-state index is 11.8. The topological polar surface area (TPSA) is 99.5 Å². The Morgan fingerprint density at radius 3 is 2.82 bits per heavy atom. The van der Waals surface area contributed by atoms with Gasteiger partial charge in [0.15, 0.2) is 12.3 Å². The molecule has 1 N–H and O–H groups in total. The first kappa shape index (κ1) is 17.8. The lowest BCUT2D eigenvalue weighted by molar-refractivity contribution is -0.124. The third-order valence-electron chi connectivity index (χ3n) is 2.76. The zero-order valence-electron chi connectivity index (χ0n) is 12.8. The van der Waals surface area contributed by atoms with Crippen molar-refractivity contribution in [3.05, 3.63) is 28.2 Å². The summed E-state index contributed by atoms with van der Waals surface area (Å²) in [5, 5.41) is 6.46. The number of methoxy groups -OCH3 is 1. The van der Waals surface area contributed by atoms with Crippen LogP contribution in [0.15, 0.2) is 16.9 Å². The van der Waals surface area contributed by atoms with E-state index in [9.17, 15) is 14.4 Å². The van der Waals surface area contributed by atoms with Crippen molar-refractivity contribution in [3.63, 3.8) is 0 Å². The molecule has 22 heavy (non-hydrogen) atoms. The van der Waals surface area contributed by atoms with Crippen molar-refractivity contribution in [2.75, 3.05) is 26.9 Å². The SMILES string of the molecule is CCCCn1nc(C(=O)OCC(=O)NCCOC)ccc1=O. The molecule has 0 saturated heterocycles. The molecule has 0 bridgehead atoms. The van der Waals surface area contributed by atoms with Crippen molar-refractivity contribution in [3.8, 4) is 0 Å². The zero-order chi connectivity index (χ0) is 16.4. The van der Waals surface area contributed by atoms with Gasteiger partial charge in [0.2, 0.25) is 0 Å². The number of amides is 1. The molecule has 0 saturated carbocycles. The Kier molecular flexibility index (Phi) is 7.84. The minimum Gasteiger partial charge on any atom is -0.451 e. The van der Waals surface area contributed by atoms with Crippen LogP contribution in [0.1, 0.15) is 30.3 Å². The smallest absolute Gasteiger partial charge is 0.359 e. The highest BCUT2D eigenvalue weighted by Crippen LogP contribution is 1.97. The first-order chi connectivity index (χ1) is 10.6. The number of nitrogens with one attached hydrogen (secondary N) is 1. The lowest BCUT2D eigenvalue weighted by atomic mass is 10.3. The molecule has 1 aromatic rings. The molecular formula is C14H21N3O5. The monoisotopic (exact) mass is 311 g/mol. The molecular weight excluding hydrogens is 290 g/mol. The highest BCUT2D eigenvalue weighted by atomic mass is 16.5. The second kappa shape index (κ2) is 9.67. The van der Waals surface area contributed by atoms with Gasteiger partial charge >= 0.3 is 5.97 Å². The Hall–Kier alpha value is -2.22. The van der Waals surface area contributed by atoms with Crippen LogP contribution in [0.4, 0.5) is 0 Å². The minimum atomic E-state index is -0.743. The van der Waals surface area contributed by atoms with Crippen LogP contribution in [0.5, 0.6) is 0 Å². The molecule has 1 heterocycles. The highest BCUT2D eigenvalue weighted by molar-refractivity contribution is 5.89. The summed E-state index contributed by atoms with van der Waals surface area (Å²) in [4.78, 5) is 34.8. The Labute approximate surface area is 128 Å². The number of esters is 1. The molecule has 0 aromatic carbocycles. The van der Waals surface area contributed by atoms with Gasteiger partial charge in [-0.1, -0.05) is 13.3 Å². The summed E-state index contributed by atoms with van der Waals surface area (Å²) in [6.07, 6.45) is 1.69. The number of aromatic nitrogens is 2. The van der Waals surface area contributed by atoms with Crippen molar-refractivity contribution < 1.29 is 19.1 Å². The number of carbonyl (C=O) groups is 2. The van der Waals surface area contributed by atoms with E-state index in [0.717, 1.165) is 12.8 Å². The summed E-state index contributed by atoms with van der Waals surface area (Å²) in [6.45, 7) is 2.74. The summed E-state index contributed by atoms with van der Waals surface area (Å²) in [6, 6.07) is 2.55. The van der Waals surface area contributed by atoms with Crippen molar-refractivity contribution in [1.29, 1.82) is 0 Å². The van der Waals surface area contributed by atoms with E-state index in [4.69, 9.17) is 9.47 Å². The second-order valence-electron chi connectivity index (χ2n) is 4.55.